The highest BCUT2D eigenvalue weighted by atomic mass is 19.1. The smallest absolute Gasteiger partial charge is 0.130 e. The summed E-state index contributed by atoms with van der Waals surface area (Å²) in [5, 5.41) is 0. The molecular formula is C10H14FN3. The number of nitrogens with zero attached hydrogens (tertiary/aromatic N) is 2. The van der Waals surface area contributed by atoms with Crippen molar-refractivity contribution in [1.82, 2.24) is 4.98 Å². The highest BCUT2D eigenvalue weighted by Crippen LogP contribution is 2.20. The predicted molar refractivity (Wildman–Crippen MR) is 55.0 cm³/mol. The molecule has 3 nitrogen and oxygen atoms in total. The van der Waals surface area contributed by atoms with E-state index < -0.39 is 6.17 Å². The van der Waals surface area contributed by atoms with Crippen molar-refractivity contribution in [2.24, 2.45) is 0 Å². The molecular weight excluding hydrogens is 181 g/mol. The van der Waals surface area contributed by atoms with Crippen LogP contribution in [0.15, 0.2) is 18.3 Å². The first-order valence-corrected chi connectivity index (χ1v) is 4.86. The van der Waals surface area contributed by atoms with Crippen LogP contribution < -0.4 is 10.6 Å². The van der Waals surface area contributed by atoms with Crippen molar-refractivity contribution in [3.05, 3.63) is 18.3 Å². The van der Waals surface area contributed by atoms with E-state index in [1.54, 1.807) is 12.3 Å². The van der Waals surface area contributed by atoms with Gasteiger partial charge in [0, 0.05) is 31.0 Å². The average Bonchev–Trinajstić information content (AvgIpc) is 2.19. The minimum absolute atomic E-state index is 0.594. The van der Waals surface area contributed by atoms with Gasteiger partial charge in [-0.3, -0.25) is 0 Å². The lowest BCUT2D eigenvalue weighted by Gasteiger charge is -2.29. The van der Waals surface area contributed by atoms with Crippen LogP contribution in [0, 0.1) is 0 Å². The lowest BCUT2D eigenvalue weighted by Crippen LogP contribution is -2.34. The van der Waals surface area contributed by atoms with Crippen LogP contribution in [-0.4, -0.2) is 24.2 Å². The van der Waals surface area contributed by atoms with Crippen LogP contribution in [0.4, 0.5) is 15.9 Å². The number of anilines is 2. The molecule has 1 fully saturated rings. The topological polar surface area (TPSA) is 42.1 Å². The van der Waals surface area contributed by atoms with E-state index in [0.717, 1.165) is 18.9 Å². The Bertz CT molecular complexity index is 308. The number of pyridine rings is 1. The predicted octanol–water partition coefficient (Wildman–Crippen LogP) is 1.60. The number of aromatic nitrogens is 1. The number of nitrogen functional groups attached to an aromatic ring is 1. The minimum atomic E-state index is -0.646. The van der Waals surface area contributed by atoms with E-state index in [0.29, 0.717) is 18.5 Å². The summed E-state index contributed by atoms with van der Waals surface area (Å²) >= 11 is 0. The fourth-order valence-corrected chi connectivity index (χ4v) is 1.68. The summed E-state index contributed by atoms with van der Waals surface area (Å²) in [6.07, 6.45) is 2.23. The number of piperidine rings is 1. The van der Waals surface area contributed by atoms with Crippen molar-refractivity contribution in [3.8, 4) is 0 Å². The van der Waals surface area contributed by atoms with E-state index in [-0.39, 0.29) is 0 Å². The summed E-state index contributed by atoms with van der Waals surface area (Å²) in [7, 11) is 0. The third kappa shape index (κ3) is 1.95. The lowest BCUT2D eigenvalue weighted by molar-refractivity contribution is 0.277. The molecule has 1 aliphatic heterocycles. The van der Waals surface area contributed by atoms with Crippen molar-refractivity contribution in [2.75, 3.05) is 23.7 Å². The Hall–Kier alpha value is -1.32. The molecule has 4 heteroatoms. The number of nitrogens with two attached hydrogens (primary N) is 1. The van der Waals surface area contributed by atoms with E-state index in [4.69, 9.17) is 5.73 Å². The number of alkyl halides is 1. The van der Waals surface area contributed by atoms with Gasteiger partial charge in [-0.25, -0.2) is 9.37 Å². The summed E-state index contributed by atoms with van der Waals surface area (Å²) in [5.41, 5.74) is 6.36. The van der Waals surface area contributed by atoms with Crippen molar-refractivity contribution in [3.63, 3.8) is 0 Å². The maximum atomic E-state index is 12.9. The molecule has 1 aromatic heterocycles. The Morgan fingerprint density at radius 1 is 1.43 bits per heavy atom. The van der Waals surface area contributed by atoms with E-state index in [2.05, 4.69) is 9.88 Å². The third-order valence-corrected chi connectivity index (χ3v) is 2.52. The zero-order valence-corrected chi connectivity index (χ0v) is 7.99. The maximum absolute atomic E-state index is 12.9. The first-order valence-electron chi connectivity index (χ1n) is 4.86. The second kappa shape index (κ2) is 3.82. The van der Waals surface area contributed by atoms with Gasteiger partial charge in [-0.15, -0.1) is 0 Å². The van der Waals surface area contributed by atoms with Crippen molar-refractivity contribution in [1.29, 1.82) is 0 Å². The molecule has 1 saturated heterocycles. The zero-order valence-electron chi connectivity index (χ0n) is 7.99. The lowest BCUT2D eigenvalue weighted by atomic mass is 10.1. The Labute approximate surface area is 82.7 Å². The molecule has 0 aliphatic carbocycles. The van der Waals surface area contributed by atoms with Crippen LogP contribution in [0.2, 0.25) is 0 Å². The first-order chi connectivity index (χ1) is 6.75. The molecule has 76 valence electrons. The van der Waals surface area contributed by atoms with Crippen LogP contribution in [0.1, 0.15) is 12.8 Å². The zero-order chi connectivity index (χ0) is 9.97. The number of hydrogen-bond acceptors (Lipinski definition) is 3. The fourth-order valence-electron chi connectivity index (χ4n) is 1.68. The molecule has 1 aliphatic rings. The van der Waals surface area contributed by atoms with Gasteiger partial charge in [0.2, 0.25) is 0 Å². The van der Waals surface area contributed by atoms with E-state index >= 15 is 0 Å². The van der Waals surface area contributed by atoms with E-state index in [1.165, 1.54) is 0 Å². The van der Waals surface area contributed by atoms with Gasteiger partial charge in [0.25, 0.3) is 0 Å². The summed E-state index contributed by atoms with van der Waals surface area (Å²) in [5.74, 6) is 0.858. The Kier molecular flexibility index (Phi) is 2.52. The largest absolute Gasteiger partial charge is 0.399 e. The van der Waals surface area contributed by atoms with Gasteiger partial charge < -0.3 is 10.6 Å². The molecule has 0 saturated carbocycles. The molecule has 0 spiro atoms. The molecule has 0 aromatic carbocycles. The monoisotopic (exact) mass is 195 g/mol. The van der Waals surface area contributed by atoms with E-state index in [9.17, 15) is 4.39 Å². The molecule has 1 aromatic rings. The fraction of sp³-hybridized carbons (Fsp3) is 0.500. The van der Waals surface area contributed by atoms with Gasteiger partial charge in [0.05, 0.1) is 0 Å². The summed E-state index contributed by atoms with van der Waals surface area (Å²) in [6.45, 7) is 1.47. The molecule has 14 heavy (non-hydrogen) atoms. The molecule has 0 unspecified atom stereocenters. The van der Waals surface area contributed by atoms with Crippen LogP contribution in [0.3, 0.4) is 0 Å². The maximum Gasteiger partial charge on any atom is 0.130 e. The van der Waals surface area contributed by atoms with Gasteiger partial charge in [-0.2, -0.15) is 0 Å². The number of hydrogen-bond donors (Lipinski definition) is 1. The SMILES string of the molecule is Nc1ccnc(N2CCC(F)CC2)c1. The number of halogens is 1. The molecule has 2 N–H and O–H groups in total. The van der Waals surface area contributed by atoms with Crippen molar-refractivity contribution >= 4 is 11.5 Å². The van der Waals surface area contributed by atoms with Crippen molar-refractivity contribution in [2.45, 2.75) is 19.0 Å². The Morgan fingerprint density at radius 2 is 2.14 bits per heavy atom. The molecule has 0 bridgehead atoms. The Morgan fingerprint density at radius 3 is 2.79 bits per heavy atom. The second-order valence-corrected chi connectivity index (χ2v) is 3.61. The van der Waals surface area contributed by atoms with Crippen LogP contribution in [-0.2, 0) is 0 Å². The van der Waals surface area contributed by atoms with Gasteiger partial charge in [-0.05, 0) is 18.9 Å². The van der Waals surface area contributed by atoms with Gasteiger partial charge >= 0.3 is 0 Å². The standard InChI is InChI=1S/C10H14FN3/c11-8-2-5-14(6-3-8)10-7-9(12)1-4-13-10/h1,4,7-8H,2-3,5-6H2,(H2,12,13). The average molecular weight is 195 g/mol. The summed E-state index contributed by atoms with van der Waals surface area (Å²) < 4.78 is 12.9. The summed E-state index contributed by atoms with van der Waals surface area (Å²) in [6, 6.07) is 3.59. The molecule has 0 amide bonds. The molecule has 2 heterocycles. The molecule has 0 radical (unpaired) electrons. The Balaban J connectivity index is 2.08. The molecule has 2 rings (SSSR count). The minimum Gasteiger partial charge on any atom is -0.399 e. The highest BCUT2D eigenvalue weighted by molar-refractivity contribution is 5.50. The second-order valence-electron chi connectivity index (χ2n) is 3.61. The van der Waals surface area contributed by atoms with E-state index in [1.807, 2.05) is 6.07 Å². The molecule has 0 atom stereocenters. The third-order valence-electron chi connectivity index (χ3n) is 2.52. The van der Waals surface area contributed by atoms with Crippen molar-refractivity contribution < 1.29 is 4.39 Å². The van der Waals surface area contributed by atoms with Crippen LogP contribution in [0.25, 0.3) is 0 Å². The quantitative estimate of drug-likeness (QED) is 0.740. The number of rotatable bonds is 1. The first kappa shape index (κ1) is 9.24. The van der Waals surface area contributed by atoms with Gasteiger partial charge in [0.1, 0.15) is 12.0 Å². The van der Waals surface area contributed by atoms with Crippen LogP contribution in [0.5, 0.6) is 0 Å². The van der Waals surface area contributed by atoms with Gasteiger partial charge in [0.15, 0.2) is 0 Å². The van der Waals surface area contributed by atoms with Crippen LogP contribution >= 0.6 is 0 Å². The normalized spacial score (nSPS) is 18.5. The highest BCUT2D eigenvalue weighted by Gasteiger charge is 2.19. The summed E-state index contributed by atoms with van der Waals surface area (Å²) in [4.78, 5) is 6.29. The van der Waals surface area contributed by atoms with Gasteiger partial charge in [-0.1, -0.05) is 0 Å².